The minimum atomic E-state index is -0.263. The number of benzene rings is 1. The molecule has 0 radical (unpaired) electrons. The zero-order chi connectivity index (χ0) is 15.0. The molecule has 112 valence electrons. The summed E-state index contributed by atoms with van der Waals surface area (Å²) in [6.07, 6.45) is 1.92. The fourth-order valence-corrected chi connectivity index (χ4v) is 3.95. The number of fused-ring (bicyclic) bond motifs is 1. The molecule has 1 saturated heterocycles. The van der Waals surface area contributed by atoms with Crippen molar-refractivity contribution in [2.75, 3.05) is 13.1 Å². The fourth-order valence-electron chi connectivity index (χ4n) is 2.89. The van der Waals surface area contributed by atoms with Crippen molar-refractivity contribution in [1.29, 1.82) is 0 Å². The van der Waals surface area contributed by atoms with E-state index in [1.54, 1.807) is 6.07 Å². The lowest BCUT2D eigenvalue weighted by atomic mass is 9.91. The Balaban J connectivity index is 1.75. The van der Waals surface area contributed by atoms with Gasteiger partial charge in [-0.25, -0.2) is 4.39 Å². The lowest BCUT2D eigenvalue weighted by Crippen LogP contribution is -2.42. The van der Waals surface area contributed by atoms with Crippen LogP contribution in [0.5, 0.6) is 0 Å². The number of carbonyl (C=O) groups is 1. The summed E-state index contributed by atoms with van der Waals surface area (Å²) in [7, 11) is 0. The van der Waals surface area contributed by atoms with Gasteiger partial charge >= 0.3 is 0 Å². The highest BCUT2D eigenvalue weighted by atomic mass is 32.1. The molecule has 1 aromatic heterocycles. The zero-order valence-electron chi connectivity index (χ0n) is 12.0. The van der Waals surface area contributed by atoms with E-state index in [2.05, 4.69) is 0 Å². The number of piperidine rings is 1. The van der Waals surface area contributed by atoms with Gasteiger partial charge in [0.05, 0.1) is 4.88 Å². The molecule has 1 amide bonds. The molecule has 21 heavy (non-hydrogen) atoms. The summed E-state index contributed by atoms with van der Waals surface area (Å²) >= 11 is 1.36. The van der Waals surface area contributed by atoms with E-state index >= 15 is 0 Å². The van der Waals surface area contributed by atoms with Crippen LogP contribution in [0.4, 0.5) is 4.39 Å². The van der Waals surface area contributed by atoms with Crippen molar-refractivity contribution in [1.82, 2.24) is 4.90 Å². The number of carbonyl (C=O) groups excluding carboxylic acids is 1. The largest absolute Gasteiger partial charge is 0.338 e. The van der Waals surface area contributed by atoms with Gasteiger partial charge in [-0.05, 0) is 49.3 Å². The number of amides is 1. The Morgan fingerprint density at radius 1 is 1.38 bits per heavy atom. The van der Waals surface area contributed by atoms with Gasteiger partial charge in [-0.15, -0.1) is 11.3 Å². The molecule has 1 aromatic carbocycles. The third-order valence-electron chi connectivity index (χ3n) is 4.26. The molecule has 1 atom stereocenters. The first-order valence-electron chi connectivity index (χ1n) is 7.28. The molecule has 1 fully saturated rings. The van der Waals surface area contributed by atoms with Crippen LogP contribution in [0.15, 0.2) is 24.3 Å². The number of hydrogen-bond acceptors (Lipinski definition) is 3. The lowest BCUT2D eigenvalue weighted by Gasteiger charge is -2.33. The van der Waals surface area contributed by atoms with Gasteiger partial charge in [0.15, 0.2) is 0 Å². The monoisotopic (exact) mass is 306 g/mol. The zero-order valence-corrected chi connectivity index (χ0v) is 12.8. The van der Waals surface area contributed by atoms with E-state index in [1.807, 2.05) is 17.9 Å². The van der Waals surface area contributed by atoms with Crippen molar-refractivity contribution < 1.29 is 9.18 Å². The maximum atomic E-state index is 13.2. The van der Waals surface area contributed by atoms with Crippen molar-refractivity contribution >= 4 is 27.3 Å². The van der Waals surface area contributed by atoms with Gasteiger partial charge in [-0.3, -0.25) is 4.79 Å². The van der Waals surface area contributed by atoms with E-state index in [0.717, 1.165) is 36.0 Å². The second kappa shape index (κ2) is 5.73. The number of nitrogens with two attached hydrogens (primary N) is 1. The quantitative estimate of drug-likeness (QED) is 0.926. The van der Waals surface area contributed by atoms with Crippen LogP contribution < -0.4 is 5.73 Å². The van der Waals surface area contributed by atoms with Crippen LogP contribution in [0.2, 0.25) is 0 Å². The third-order valence-corrected chi connectivity index (χ3v) is 5.35. The highest BCUT2D eigenvalue weighted by Crippen LogP contribution is 2.29. The number of halogens is 1. The Bertz CT molecular complexity index is 659. The number of hydrogen-bond donors (Lipinski definition) is 1. The van der Waals surface area contributed by atoms with Crippen LogP contribution in [0.25, 0.3) is 10.1 Å². The summed E-state index contributed by atoms with van der Waals surface area (Å²) in [6, 6.07) is 6.69. The van der Waals surface area contributed by atoms with Crippen LogP contribution in [0.1, 0.15) is 29.4 Å². The molecule has 1 unspecified atom stereocenters. The maximum absolute atomic E-state index is 13.2. The first kappa shape index (κ1) is 14.5. The average Bonchev–Trinajstić information content (AvgIpc) is 2.89. The second-order valence-corrected chi connectivity index (χ2v) is 6.87. The number of likely N-dealkylation sites (tertiary alicyclic amines) is 1. The van der Waals surface area contributed by atoms with Gasteiger partial charge in [-0.2, -0.15) is 0 Å². The number of nitrogens with zero attached hydrogens (tertiary/aromatic N) is 1. The third kappa shape index (κ3) is 2.94. The Morgan fingerprint density at radius 2 is 2.10 bits per heavy atom. The number of rotatable bonds is 2. The van der Waals surface area contributed by atoms with Gasteiger partial charge < -0.3 is 10.6 Å². The molecular weight excluding hydrogens is 287 g/mol. The normalized spacial score (nSPS) is 18.1. The molecular formula is C16H19FN2OS. The predicted molar refractivity (Wildman–Crippen MR) is 84.1 cm³/mol. The van der Waals surface area contributed by atoms with E-state index in [4.69, 9.17) is 5.73 Å². The molecule has 3 nitrogen and oxygen atoms in total. The highest BCUT2D eigenvalue weighted by Gasteiger charge is 2.26. The van der Waals surface area contributed by atoms with Gasteiger partial charge in [0.1, 0.15) is 5.82 Å². The second-order valence-electron chi connectivity index (χ2n) is 5.78. The fraction of sp³-hybridized carbons (Fsp3) is 0.438. The van der Waals surface area contributed by atoms with E-state index in [9.17, 15) is 9.18 Å². The molecule has 3 rings (SSSR count). The van der Waals surface area contributed by atoms with E-state index in [-0.39, 0.29) is 17.8 Å². The highest BCUT2D eigenvalue weighted by molar-refractivity contribution is 7.20. The standard InChI is InChI=1S/C16H19FN2OS/c1-10(18)11-4-6-19(7-5-11)16(20)15-8-12-2-3-13(17)9-14(12)21-15/h2-3,8-11H,4-7,18H2,1H3. The van der Waals surface area contributed by atoms with Gasteiger partial charge in [0.25, 0.3) is 5.91 Å². The van der Waals surface area contributed by atoms with Crippen LogP contribution in [0.3, 0.4) is 0 Å². The summed E-state index contributed by atoms with van der Waals surface area (Å²) in [5.74, 6) is 0.298. The number of thiophene rings is 1. The molecule has 1 aliphatic heterocycles. The molecule has 2 N–H and O–H groups in total. The minimum Gasteiger partial charge on any atom is -0.338 e. The van der Waals surface area contributed by atoms with Crippen molar-refractivity contribution in [2.45, 2.75) is 25.8 Å². The smallest absolute Gasteiger partial charge is 0.263 e. The molecule has 0 spiro atoms. The summed E-state index contributed by atoms with van der Waals surface area (Å²) < 4.78 is 14.0. The summed E-state index contributed by atoms with van der Waals surface area (Å²) in [6.45, 7) is 3.55. The van der Waals surface area contributed by atoms with E-state index in [0.29, 0.717) is 10.8 Å². The van der Waals surface area contributed by atoms with E-state index in [1.165, 1.54) is 23.5 Å². The van der Waals surface area contributed by atoms with Gasteiger partial charge in [-0.1, -0.05) is 6.07 Å². The Kier molecular flexibility index (Phi) is 3.95. The van der Waals surface area contributed by atoms with Gasteiger partial charge in [0, 0.05) is 23.8 Å². The van der Waals surface area contributed by atoms with Gasteiger partial charge in [0.2, 0.25) is 0 Å². The summed E-state index contributed by atoms with van der Waals surface area (Å²) in [5.41, 5.74) is 5.93. The van der Waals surface area contributed by atoms with Crippen LogP contribution in [-0.2, 0) is 0 Å². The lowest BCUT2D eigenvalue weighted by molar-refractivity contribution is 0.0686. The van der Waals surface area contributed by atoms with Crippen molar-refractivity contribution in [2.24, 2.45) is 11.7 Å². The average molecular weight is 306 g/mol. The predicted octanol–water partition coefficient (Wildman–Crippen LogP) is 3.24. The van der Waals surface area contributed by atoms with Crippen LogP contribution >= 0.6 is 11.3 Å². The molecule has 1 aliphatic rings. The Morgan fingerprint density at radius 3 is 2.76 bits per heavy atom. The van der Waals surface area contributed by atoms with Crippen LogP contribution in [0, 0.1) is 11.7 Å². The maximum Gasteiger partial charge on any atom is 0.263 e. The molecule has 0 bridgehead atoms. The summed E-state index contributed by atoms with van der Waals surface area (Å²) in [5, 5.41) is 0.926. The van der Waals surface area contributed by atoms with E-state index < -0.39 is 0 Å². The van der Waals surface area contributed by atoms with Crippen molar-refractivity contribution in [3.05, 3.63) is 35.0 Å². The molecule has 0 aliphatic carbocycles. The SMILES string of the molecule is CC(N)C1CCN(C(=O)c2cc3ccc(F)cc3s2)CC1. The molecule has 2 aromatic rings. The Hall–Kier alpha value is -1.46. The first-order chi connectivity index (χ1) is 10.0. The molecule has 0 saturated carbocycles. The molecule has 5 heteroatoms. The molecule has 2 heterocycles. The van der Waals surface area contributed by atoms with Crippen molar-refractivity contribution in [3.63, 3.8) is 0 Å². The minimum absolute atomic E-state index is 0.0553. The van der Waals surface area contributed by atoms with Crippen LogP contribution in [-0.4, -0.2) is 29.9 Å². The topological polar surface area (TPSA) is 46.3 Å². The Labute approximate surface area is 127 Å². The first-order valence-corrected chi connectivity index (χ1v) is 8.10. The summed E-state index contributed by atoms with van der Waals surface area (Å²) in [4.78, 5) is 15.1. The van der Waals surface area contributed by atoms with Crippen molar-refractivity contribution in [3.8, 4) is 0 Å².